The summed E-state index contributed by atoms with van der Waals surface area (Å²) in [5.74, 6) is -4.87. The Morgan fingerprint density at radius 2 is 0.689 bits per heavy atom. The molecule has 0 bridgehead atoms. The second-order valence-electron chi connectivity index (χ2n) is 12.4. The smallest absolute Gasteiger partial charge is 0.449 e. The summed E-state index contributed by atoms with van der Waals surface area (Å²) in [6.07, 6.45) is 18.6. The van der Waals surface area contributed by atoms with Crippen LogP contribution >= 0.6 is 0 Å². The van der Waals surface area contributed by atoms with Crippen LogP contribution in [0.4, 0.5) is 0 Å². The molecule has 8 heteroatoms. The Morgan fingerprint density at radius 1 is 0.400 bits per heavy atom. The average molecular weight is 641 g/mol. The molecule has 8 nitrogen and oxygen atoms in total. The molecule has 0 rings (SSSR count). The van der Waals surface area contributed by atoms with E-state index in [1.54, 1.807) is 0 Å². The van der Waals surface area contributed by atoms with Gasteiger partial charge in [-0.3, -0.25) is 19.2 Å². The maximum absolute atomic E-state index is 13.2. The van der Waals surface area contributed by atoms with Crippen LogP contribution in [0.5, 0.6) is 0 Å². The Morgan fingerprint density at radius 3 is 0.978 bits per heavy atom. The van der Waals surface area contributed by atoms with E-state index in [4.69, 9.17) is 18.9 Å². The van der Waals surface area contributed by atoms with E-state index in [9.17, 15) is 19.2 Å². The molecule has 0 spiro atoms. The Balaban J connectivity index is 6.08. The molecule has 0 aliphatic heterocycles. The number of hydrogen-bond donors (Lipinski definition) is 0. The van der Waals surface area contributed by atoms with Crippen LogP contribution in [0.15, 0.2) is 0 Å². The van der Waals surface area contributed by atoms with E-state index in [0.29, 0.717) is 32.1 Å². The minimum absolute atomic E-state index is 0.0822. The summed E-state index contributed by atoms with van der Waals surface area (Å²) < 4.78 is 23.4. The van der Waals surface area contributed by atoms with Crippen molar-refractivity contribution in [2.45, 2.75) is 214 Å². The first-order valence-corrected chi connectivity index (χ1v) is 18.6. The quantitative estimate of drug-likeness (QED) is 0.0419. The zero-order valence-electron chi connectivity index (χ0n) is 29.7. The third kappa shape index (κ3) is 22.9. The number of carbonyl (C=O) groups excluding carboxylic acids is 4. The molecule has 264 valence electrons. The Kier molecular flexibility index (Phi) is 27.9. The van der Waals surface area contributed by atoms with E-state index in [1.165, 1.54) is 0 Å². The van der Waals surface area contributed by atoms with Crippen molar-refractivity contribution in [1.82, 2.24) is 0 Å². The summed E-state index contributed by atoms with van der Waals surface area (Å²) in [7, 11) is 0. The Labute approximate surface area is 275 Å². The average Bonchev–Trinajstić information content (AvgIpc) is 3.00. The topological polar surface area (TPSA) is 105 Å². The van der Waals surface area contributed by atoms with Crippen LogP contribution < -0.4 is 0 Å². The minimum atomic E-state index is -2.45. The highest BCUT2D eigenvalue weighted by Gasteiger charge is 2.53. The maximum Gasteiger partial charge on any atom is 0.463 e. The van der Waals surface area contributed by atoms with Crippen molar-refractivity contribution in [3.05, 3.63) is 0 Å². The number of ether oxygens (including phenoxy) is 4. The molecule has 0 saturated carbocycles. The van der Waals surface area contributed by atoms with Gasteiger partial charge in [0.15, 0.2) is 0 Å². The highest BCUT2D eigenvalue weighted by molar-refractivity contribution is 5.74. The molecule has 0 fully saturated rings. The zero-order valence-corrected chi connectivity index (χ0v) is 29.7. The van der Waals surface area contributed by atoms with Crippen molar-refractivity contribution >= 4 is 23.9 Å². The summed E-state index contributed by atoms with van der Waals surface area (Å²) in [4.78, 5) is 52.8. The van der Waals surface area contributed by atoms with E-state index >= 15 is 0 Å². The van der Waals surface area contributed by atoms with Crippen LogP contribution in [0, 0.1) is 0 Å². The van der Waals surface area contributed by atoms with Crippen molar-refractivity contribution in [2.75, 3.05) is 0 Å². The highest BCUT2D eigenvalue weighted by atomic mass is 16.9. The van der Waals surface area contributed by atoms with Gasteiger partial charge in [-0.25, -0.2) is 0 Å². The molecule has 0 aliphatic rings. The van der Waals surface area contributed by atoms with Gasteiger partial charge in [0.1, 0.15) is 0 Å². The fraction of sp³-hybridized carbons (Fsp3) is 0.892. The largest absolute Gasteiger partial charge is 0.463 e. The summed E-state index contributed by atoms with van der Waals surface area (Å²) in [6.45, 7) is 10.4. The van der Waals surface area contributed by atoms with Gasteiger partial charge in [-0.15, -0.1) is 0 Å². The molecule has 0 saturated heterocycles. The minimum Gasteiger partial charge on any atom is -0.449 e. The van der Waals surface area contributed by atoms with Crippen LogP contribution in [0.1, 0.15) is 202 Å². The van der Waals surface area contributed by atoms with Gasteiger partial charge < -0.3 is 18.9 Å². The first kappa shape index (κ1) is 42.9. The van der Waals surface area contributed by atoms with Crippen LogP contribution in [0.2, 0.25) is 0 Å². The number of unbranched alkanes of at least 4 members (excludes halogenated alkanes) is 16. The molecule has 45 heavy (non-hydrogen) atoms. The van der Waals surface area contributed by atoms with Crippen LogP contribution in [-0.2, 0) is 38.1 Å². The molecule has 0 radical (unpaired) electrons. The van der Waals surface area contributed by atoms with Gasteiger partial charge in [-0.2, -0.15) is 0 Å². The second kappa shape index (κ2) is 29.3. The number of esters is 4. The molecule has 0 aromatic rings. The molecule has 0 amide bonds. The number of carbonyl (C=O) groups is 4. The third-order valence-corrected chi connectivity index (χ3v) is 7.93. The van der Waals surface area contributed by atoms with Crippen molar-refractivity contribution in [3.63, 3.8) is 0 Å². The molecule has 0 aliphatic carbocycles. The summed E-state index contributed by atoms with van der Waals surface area (Å²) in [6, 6.07) is 0. The van der Waals surface area contributed by atoms with Crippen molar-refractivity contribution in [1.29, 1.82) is 0 Å². The Bertz CT molecular complexity index is 696. The predicted octanol–water partition coefficient (Wildman–Crippen LogP) is 10.4. The summed E-state index contributed by atoms with van der Waals surface area (Å²) in [5, 5.41) is 0. The van der Waals surface area contributed by atoms with E-state index in [1.807, 2.05) is 6.92 Å². The monoisotopic (exact) mass is 640 g/mol. The summed E-state index contributed by atoms with van der Waals surface area (Å²) >= 11 is 0. The van der Waals surface area contributed by atoms with Crippen LogP contribution in [-0.4, -0.2) is 36.0 Å². The van der Waals surface area contributed by atoms with Gasteiger partial charge in [-0.05, 0) is 32.1 Å². The molecule has 0 N–H and O–H groups in total. The molecular weight excluding hydrogens is 572 g/mol. The molecular formula is C37H68O8. The van der Waals surface area contributed by atoms with E-state index < -0.39 is 36.0 Å². The molecule has 1 atom stereocenters. The number of hydrogen-bond acceptors (Lipinski definition) is 8. The lowest BCUT2D eigenvalue weighted by Gasteiger charge is -2.36. The molecule has 1 unspecified atom stereocenters. The van der Waals surface area contributed by atoms with Gasteiger partial charge in [0.2, 0.25) is 6.10 Å². The fourth-order valence-electron chi connectivity index (χ4n) is 5.17. The van der Waals surface area contributed by atoms with Gasteiger partial charge in [0, 0.05) is 25.7 Å². The summed E-state index contributed by atoms with van der Waals surface area (Å²) in [5.41, 5.74) is 0. The van der Waals surface area contributed by atoms with E-state index in [2.05, 4.69) is 27.7 Å². The second-order valence-corrected chi connectivity index (χ2v) is 12.4. The van der Waals surface area contributed by atoms with Gasteiger partial charge >= 0.3 is 29.9 Å². The molecule has 0 aromatic carbocycles. The van der Waals surface area contributed by atoms with Crippen LogP contribution in [0.3, 0.4) is 0 Å². The van der Waals surface area contributed by atoms with Crippen molar-refractivity contribution in [3.8, 4) is 0 Å². The lowest BCUT2D eigenvalue weighted by Crippen LogP contribution is -2.55. The maximum atomic E-state index is 13.2. The fourth-order valence-corrected chi connectivity index (χ4v) is 5.17. The lowest BCUT2D eigenvalue weighted by molar-refractivity contribution is -0.365. The third-order valence-electron chi connectivity index (χ3n) is 7.93. The standard InChI is InChI=1S/C37H68O8/c1-6-11-15-19-23-28-33(38)42-32(27-10-5)37(43-34(39)29-24-20-16-12-7-2,44-35(40)30-25-21-17-13-8-3)45-36(41)31-26-22-18-14-9-4/h32H,6-31H2,1-5H3. The van der Waals surface area contributed by atoms with Crippen molar-refractivity contribution in [2.24, 2.45) is 0 Å². The zero-order chi connectivity index (χ0) is 33.6. The van der Waals surface area contributed by atoms with Gasteiger partial charge in [0.05, 0.1) is 0 Å². The number of rotatable bonds is 31. The van der Waals surface area contributed by atoms with Crippen molar-refractivity contribution < 1.29 is 38.1 Å². The first-order valence-electron chi connectivity index (χ1n) is 18.6. The van der Waals surface area contributed by atoms with Gasteiger partial charge in [0.25, 0.3) is 0 Å². The van der Waals surface area contributed by atoms with Gasteiger partial charge in [-0.1, -0.05) is 144 Å². The highest BCUT2D eigenvalue weighted by Crippen LogP contribution is 2.30. The lowest BCUT2D eigenvalue weighted by atomic mass is 10.1. The molecule has 0 aromatic heterocycles. The first-order chi connectivity index (χ1) is 21.8. The molecule has 0 heterocycles. The van der Waals surface area contributed by atoms with E-state index in [0.717, 1.165) is 103 Å². The normalized spacial score (nSPS) is 12.0. The SMILES string of the molecule is CCCCCCCC(=O)OC(CCC)C(OC(=O)CCCCCCC)(OC(=O)CCCCCCC)OC(=O)CCCCCCC. The van der Waals surface area contributed by atoms with E-state index in [-0.39, 0.29) is 32.1 Å². The van der Waals surface area contributed by atoms with Crippen LogP contribution in [0.25, 0.3) is 0 Å². The Hall–Kier alpha value is -2.12. The predicted molar refractivity (Wildman–Crippen MR) is 179 cm³/mol.